The zero-order valence-corrected chi connectivity index (χ0v) is 15.8. The van der Waals surface area contributed by atoms with Gasteiger partial charge in [-0.2, -0.15) is 0 Å². The second kappa shape index (κ2) is 7.64. The average Bonchev–Trinajstić information content (AvgIpc) is 3.41. The van der Waals surface area contributed by atoms with Gasteiger partial charge < -0.3 is 14.5 Å². The summed E-state index contributed by atoms with van der Waals surface area (Å²) in [5.41, 5.74) is 3.11. The van der Waals surface area contributed by atoms with E-state index < -0.39 is 0 Å². The monoisotopic (exact) mass is 389 g/mol. The summed E-state index contributed by atoms with van der Waals surface area (Å²) in [5, 5.41) is 4.19. The molecular weight excluding hydrogens is 369 g/mol. The second-order valence-corrected chi connectivity index (χ2v) is 7.10. The Hall–Kier alpha value is -3.25. The van der Waals surface area contributed by atoms with Crippen molar-refractivity contribution in [2.24, 2.45) is 0 Å². The van der Waals surface area contributed by atoms with Crippen LogP contribution in [0.1, 0.15) is 12.8 Å². The first kappa shape index (κ1) is 17.8. The molecule has 0 radical (unpaired) electrons. The van der Waals surface area contributed by atoms with E-state index >= 15 is 0 Å². The van der Waals surface area contributed by atoms with Gasteiger partial charge in [0.25, 0.3) is 0 Å². The second-order valence-electron chi connectivity index (χ2n) is 7.10. The van der Waals surface area contributed by atoms with Crippen LogP contribution in [0.5, 0.6) is 0 Å². The fraction of sp³-hybridized carbons (Fsp3) is 0.217. The summed E-state index contributed by atoms with van der Waals surface area (Å²) >= 11 is 0. The summed E-state index contributed by atoms with van der Waals surface area (Å²) in [7, 11) is 0. The number of anilines is 1. The summed E-state index contributed by atoms with van der Waals surface area (Å²) in [5.74, 6) is 1.10. The molecule has 0 saturated carbocycles. The van der Waals surface area contributed by atoms with E-state index in [-0.39, 0.29) is 11.9 Å². The maximum absolute atomic E-state index is 13.6. The van der Waals surface area contributed by atoms with Crippen molar-refractivity contribution >= 4 is 16.9 Å². The molecule has 0 spiro atoms. The molecule has 1 aliphatic heterocycles. The third-order valence-corrected chi connectivity index (χ3v) is 5.18. The summed E-state index contributed by atoms with van der Waals surface area (Å²) in [4.78, 5) is 8.82. The minimum Gasteiger partial charge on any atom is -0.437 e. The number of furan rings is 1. The van der Waals surface area contributed by atoms with Crippen LogP contribution in [0.15, 0.2) is 65.3 Å². The molecule has 1 N–H and O–H groups in total. The zero-order valence-electron chi connectivity index (χ0n) is 15.8. The molecule has 5 rings (SSSR count). The number of ether oxygens (including phenoxy) is 1. The zero-order chi connectivity index (χ0) is 19.6. The molecule has 1 fully saturated rings. The van der Waals surface area contributed by atoms with E-state index in [0.717, 1.165) is 41.5 Å². The molecule has 2 aromatic heterocycles. The van der Waals surface area contributed by atoms with E-state index in [1.54, 1.807) is 12.1 Å². The van der Waals surface area contributed by atoms with Crippen LogP contribution >= 0.6 is 0 Å². The SMILES string of the molecule is Fc1ccc(-c2c(-c3ccccc3)oc3ncnc(NCC4CCCO4)c23)cc1. The van der Waals surface area contributed by atoms with Gasteiger partial charge in [-0.05, 0) is 30.5 Å². The number of nitrogens with zero attached hydrogens (tertiary/aromatic N) is 2. The fourth-order valence-electron chi connectivity index (χ4n) is 3.77. The highest BCUT2D eigenvalue weighted by molar-refractivity contribution is 6.05. The summed E-state index contributed by atoms with van der Waals surface area (Å²) in [6.07, 6.45) is 3.78. The molecule has 0 amide bonds. The summed E-state index contributed by atoms with van der Waals surface area (Å²) in [6.45, 7) is 1.47. The predicted molar refractivity (Wildman–Crippen MR) is 110 cm³/mol. The van der Waals surface area contributed by atoms with Crippen molar-refractivity contribution in [3.8, 4) is 22.5 Å². The first-order valence-electron chi connectivity index (χ1n) is 9.74. The van der Waals surface area contributed by atoms with Crippen molar-refractivity contribution in [3.05, 3.63) is 66.7 Å². The Labute approximate surface area is 167 Å². The Balaban J connectivity index is 1.67. The van der Waals surface area contributed by atoms with Gasteiger partial charge in [0.15, 0.2) is 0 Å². The van der Waals surface area contributed by atoms with Crippen molar-refractivity contribution in [2.45, 2.75) is 18.9 Å². The minimum atomic E-state index is -0.282. The van der Waals surface area contributed by atoms with Gasteiger partial charge in [-0.3, -0.25) is 0 Å². The average molecular weight is 389 g/mol. The lowest BCUT2D eigenvalue weighted by Gasteiger charge is -2.12. The number of benzene rings is 2. The molecule has 0 bridgehead atoms. The molecule has 1 unspecified atom stereocenters. The number of hydrogen-bond donors (Lipinski definition) is 1. The number of nitrogens with one attached hydrogen (secondary N) is 1. The van der Waals surface area contributed by atoms with Gasteiger partial charge >= 0.3 is 0 Å². The van der Waals surface area contributed by atoms with E-state index in [4.69, 9.17) is 9.15 Å². The summed E-state index contributed by atoms with van der Waals surface area (Å²) < 4.78 is 25.4. The molecule has 1 aliphatic rings. The Morgan fingerprint density at radius 2 is 1.83 bits per heavy atom. The van der Waals surface area contributed by atoms with E-state index in [0.29, 0.717) is 23.8 Å². The quantitative estimate of drug-likeness (QED) is 0.503. The van der Waals surface area contributed by atoms with Gasteiger partial charge in [-0.15, -0.1) is 0 Å². The highest BCUT2D eigenvalue weighted by Crippen LogP contribution is 2.42. The maximum atomic E-state index is 13.6. The highest BCUT2D eigenvalue weighted by Gasteiger charge is 2.23. The third-order valence-electron chi connectivity index (χ3n) is 5.18. The Bertz CT molecular complexity index is 1120. The largest absolute Gasteiger partial charge is 0.437 e. The van der Waals surface area contributed by atoms with Crippen LogP contribution in [-0.4, -0.2) is 29.2 Å². The number of halogens is 1. The Morgan fingerprint density at radius 3 is 2.59 bits per heavy atom. The number of rotatable bonds is 5. The van der Waals surface area contributed by atoms with Crippen molar-refractivity contribution in [1.82, 2.24) is 9.97 Å². The van der Waals surface area contributed by atoms with Crippen molar-refractivity contribution in [2.75, 3.05) is 18.5 Å². The molecule has 1 saturated heterocycles. The van der Waals surface area contributed by atoms with Crippen LogP contribution < -0.4 is 5.32 Å². The van der Waals surface area contributed by atoms with Crippen LogP contribution in [0, 0.1) is 5.82 Å². The molecule has 29 heavy (non-hydrogen) atoms. The van der Waals surface area contributed by atoms with Crippen LogP contribution in [0.2, 0.25) is 0 Å². The van der Waals surface area contributed by atoms with E-state index in [2.05, 4.69) is 15.3 Å². The molecule has 0 aliphatic carbocycles. The van der Waals surface area contributed by atoms with Crippen LogP contribution in [0.4, 0.5) is 10.2 Å². The lowest BCUT2D eigenvalue weighted by atomic mass is 9.99. The van der Waals surface area contributed by atoms with Gasteiger partial charge in [0.2, 0.25) is 5.71 Å². The van der Waals surface area contributed by atoms with Gasteiger partial charge in [0, 0.05) is 24.3 Å². The van der Waals surface area contributed by atoms with Crippen LogP contribution in [-0.2, 0) is 4.74 Å². The third kappa shape index (κ3) is 3.47. The molecule has 4 aromatic rings. The topological polar surface area (TPSA) is 60.2 Å². The predicted octanol–water partition coefficient (Wildman–Crippen LogP) is 5.29. The molecular formula is C23H20FN3O2. The lowest BCUT2D eigenvalue weighted by Crippen LogP contribution is -2.19. The van der Waals surface area contributed by atoms with Crippen molar-refractivity contribution in [1.29, 1.82) is 0 Å². The van der Waals surface area contributed by atoms with Crippen molar-refractivity contribution < 1.29 is 13.5 Å². The van der Waals surface area contributed by atoms with Crippen LogP contribution in [0.25, 0.3) is 33.6 Å². The minimum absolute atomic E-state index is 0.176. The van der Waals surface area contributed by atoms with Gasteiger partial charge in [0.1, 0.15) is 23.7 Å². The van der Waals surface area contributed by atoms with Crippen LogP contribution in [0.3, 0.4) is 0 Å². The lowest BCUT2D eigenvalue weighted by molar-refractivity contribution is 0.120. The number of aromatic nitrogens is 2. The molecule has 1 atom stereocenters. The Kier molecular flexibility index (Phi) is 4.69. The first-order chi connectivity index (χ1) is 14.3. The fourth-order valence-corrected chi connectivity index (χ4v) is 3.77. The van der Waals surface area contributed by atoms with Gasteiger partial charge in [-0.25, -0.2) is 14.4 Å². The van der Waals surface area contributed by atoms with E-state index in [9.17, 15) is 4.39 Å². The number of fused-ring (bicyclic) bond motifs is 1. The molecule has 6 heteroatoms. The van der Waals surface area contributed by atoms with Gasteiger partial charge in [0.05, 0.1) is 11.5 Å². The maximum Gasteiger partial charge on any atom is 0.232 e. The van der Waals surface area contributed by atoms with E-state index in [1.165, 1.54) is 18.5 Å². The number of hydrogen-bond acceptors (Lipinski definition) is 5. The van der Waals surface area contributed by atoms with Gasteiger partial charge in [-0.1, -0.05) is 42.5 Å². The standard InChI is InChI=1S/C23H20FN3O2/c24-17-10-8-15(9-11-17)19-20-22(25-13-18-7-4-12-28-18)26-14-27-23(20)29-21(19)16-5-2-1-3-6-16/h1-3,5-6,8-11,14,18H,4,7,12-13H2,(H,25,26,27). The van der Waals surface area contributed by atoms with E-state index in [1.807, 2.05) is 30.3 Å². The normalized spacial score (nSPS) is 16.4. The molecule has 2 aromatic carbocycles. The highest BCUT2D eigenvalue weighted by atomic mass is 19.1. The summed E-state index contributed by atoms with van der Waals surface area (Å²) in [6, 6.07) is 16.2. The molecule has 5 nitrogen and oxygen atoms in total. The molecule has 146 valence electrons. The first-order valence-corrected chi connectivity index (χ1v) is 9.74. The smallest absolute Gasteiger partial charge is 0.232 e. The van der Waals surface area contributed by atoms with Crippen molar-refractivity contribution in [3.63, 3.8) is 0 Å². The Morgan fingerprint density at radius 1 is 1.00 bits per heavy atom. The molecule has 3 heterocycles.